The van der Waals surface area contributed by atoms with Crippen molar-refractivity contribution in [3.8, 4) is 0 Å². The van der Waals surface area contributed by atoms with Crippen molar-refractivity contribution < 1.29 is 4.74 Å². The van der Waals surface area contributed by atoms with Crippen LogP contribution in [-0.2, 0) is 4.74 Å². The van der Waals surface area contributed by atoms with Crippen LogP contribution in [0, 0.1) is 5.41 Å². The van der Waals surface area contributed by atoms with Gasteiger partial charge in [0.1, 0.15) is 0 Å². The van der Waals surface area contributed by atoms with Gasteiger partial charge in [-0.25, -0.2) is 0 Å². The van der Waals surface area contributed by atoms with E-state index in [2.05, 4.69) is 10.2 Å². The van der Waals surface area contributed by atoms with Gasteiger partial charge in [0, 0.05) is 32.7 Å². The highest BCUT2D eigenvalue weighted by molar-refractivity contribution is 4.96. The normalized spacial score (nSPS) is 34.2. The van der Waals surface area contributed by atoms with Crippen LogP contribution in [0.3, 0.4) is 0 Å². The van der Waals surface area contributed by atoms with E-state index in [4.69, 9.17) is 4.74 Å². The minimum atomic E-state index is 0.437. The molecule has 3 heteroatoms. The summed E-state index contributed by atoms with van der Waals surface area (Å²) in [6.45, 7) is 6.79. The highest BCUT2D eigenvalue weighted by Gasteiger charge is 2.42. The molecular formula is C14H26N2O. The fourth-order valence-electron chi connectivity index (χ4n) is 3.85. The summed E-state index contributed by atoms with van der Waals surface area (Å²) in [5.41, 5.74) is 0.707. The number of morpholine rings is 1. The maximum Gasteiger partial charge on any atom is 0.0826 e. The third-order valence-electron chi connectivity index (χ3n) is 4.75. The monoisotopic (exact) mass is 238 g/mol. The van der Waals surface area contributed by atoms with Gasteiger partial charge in [0.15, 0.2) is 0 Å². The number of hydrogen-bond donors (Lipinski definition) is 1. The van der Waals surface area contributed by atoms with Crippen LogP contribution in [0.15, 0.2) is 0 Å². The number of rotatable bonds is 2. The summed E-state index contributed by atoms with van der Waals surface area (Å²) in [5.74, 6) is 0. The molecule has 1 unspecified atom stereocenters. The molecule has 0 radical (unpaired) electrons. The zero-order chi connectivity index (χ0) is 11.6. The molecule has 1 aliphatic carbocycles. The van der Waals surface area contributed by atoms with Crippen molar-refractivity contribution in [3.63, 3.8) is 0 Å². The molecule has 2 saturated heterocycles. The standard InChI is InChI=1S/C14H26N2O/c1-2-4-6-14(5-3-1)11-16(12-14)10-13-9-15-7-8-17-13/h13,15H,1-12H2. The van der Waals surface area contributed by atoms with Crippen LogP contribution in [0.1, 0.15) is 38.5 Å². The van der Waals surface area contributed by atoms with Crippen molar-refractivity contribution in [1.29, 1.82) is 0 Å². The minimum absolute atomic E-state index is 0.437. The Kier molecular flexibility index (Phi) is 3.69. The van der Waals surface area contributed by atoms with E-state index in [-0.39, 0.29) is 0 Å². The molecule has 1 saturated carbocycles. The maximum absolute atomic E-state index is 5.78. The first-order chi connectivity index (χ1) is 8.36. The quantitative estimate of drug-likeness (QED) is 0.791. The molecular weight excluding hydrogens is 212 g/mol. The van der Waals surface area contributed by atoms with Crippen LogP contribution in [-0.4, -0.2) is 50.3 Å². The Morgan fingerprint density at radius 2 is 1.88 bits per heavy atom. The Labute approximate surface area is 105 Å². The van der Waals surface area contributed by atoms with E-state index in [9.17, 15) is 0 Å². The second-order valence-corrected chi connectivity index (χ2v) is 6.28. The first-order valence-electron chi connectivity index (χ1n) is 7.41. The zero-order valence-corrected chi connectivity index (χ0v) is 10.9. The van der Waals surface area contributed by atoms with E-state index in [1.165, 1.54) is 51.6 Å². The second-order valence-electron chi connectivity index (χ2n) is 6.28. The Hall–Kier alpha value is -0.120. The van der Waals surface area contributed by atoms with Crippen molar-refractivity contribution in [3.05, 3.63) is 0 Å². The highest BCUT2D eigenvalue weighted by Crippen LogP contribution is 2.42. The van der Waals surface area contributed by atoms with Gasteiger partial charge >= 0.3 is 0 Å². The molecule has 0 amide bonds. The molecule has 1 atom stereocenters. The van der Waals surface area contributed by atoms with Crippen LogP contribution in [0.4, 0.5) is 0 Å². The molecule has 98 valence electrons. The summed E-state index contributed by atoms with van der Waals surface area (Å²) in [7, 11) is 0. The molecule has 0 aromatic carbocycles. The Bertz CT molecular complexity index is 235. The average Bonchev–Trinajstić information content (AvgIpc) is 2.56. The van der Waals surface area contributed by atoms with Crippen molar-refractivity contribution in [1.82, 2.24) is 10.2 Å². The SMILES string of the molecule is C1CCCC2(CC1)CN(CC1CNCCO1)C2. The fraction of sp³-hybridized carbons (Fsp3) is 1.00. The van der Waals surface area contributed by atoms with E-state index in [0.717, 1.165) is 26.2 Å². The van der Waals surface area contributed by atoms with Gasteiger partial charge in [-0.1, -0.05) is 25.7 Å². The van der Waals surface area contributed by atoms with E-state index in [1.54, 1.807) is 0 Å². The molecule has 2 aliphatic heterocycles. The van der Waals surface area contributed by atoms with Gasteiger partial charge in [0.05, 0.1) is 12.7 Å². The van der Waals surface area contributed by atoms with Crippen molar-refractivity contribution >= 4 is 0 Å². The lowest BCUT2D eigenvalue weighted by Crippen LogP contribution is -2.59. The number of nitrogens with one attached hydrogen (secondary N) is 1. The second kappa shape index (κ2) is 5.25. The van der Waals surface area contributed by atoms with Crippen molar-refractivity contribution in [2.75, 3.05) is 39.3 Å². The molecule has 0 aromatic rings. The van der Waals surface area contributed by atoms with Crippen LogP contribution in [0.25, 0.3) is 0 Å². The Morgan fingerprint density at radius 1 is 1.12 bits per heavy atom. The summed E-state index contributed by atoms with van der Waals surface area (Å²) in [6.07, 6.45) is 9.27. The summed E-state index contributed by atoms with van der Waals surface area (Å²) >= 11 is 0. The van der Waals surface area contributed by atoms with Gasteiger partial charge in [-0.3, -0.25) is 4.90 Å². The predicted molar refractivity (Wildman–Crippen MR) is 69.2 cm³/mol. The summed E-state index contributed by atoms with van der Waals surface area (Å²) in [6, 6.07) is 0. The molecule has 3 rings (SSSR count). The van der Waals surface area contributed by atoms with E-state index >= 15 is 0 Å². The molecule has 3 nitrogen and oxygen atoms in total. The molecule has 3 aliphatic rings. The first-order valence-corrected chi connectivity index (χ1v) is 7.41. The van der Waals surface area contributed by atoms with E-state index in [0.29, 0.717) is 11.5 Å². The van der Waals surface area contributed by atoms with Crippen LogP contribution in [0.5, 0.6) is 0 Å². The van der Waals surface area contributed by atoms with Gasteiger partial charge in [-0.05, 0) is 18.3 Å². The van der Waals surface area contributed by atoms with Crippen molar-refractivity contribution in [2.24, 2.45) is 5.41 Å². The Morgan fingerprint density at radius 3 is 2.53 bits per heavy atom. The number of hydrogen-bond acceptors (Lipinski definition) is 3. The Balaban J connectivity index is 1.43. The van der Waals surface area contributed by atoms with Gasteiger partial charge in [0.2, 0.25) is 0 Å². The minimum Gasteiger partial charge on any atom is -0.374 e. The van der Waals surface area contributed by atoms with Gasteiger partial charge in [0.25, 0.3) is 0 Å². The molecule has 1 N–H and O–H groups in total. The lowest BCUT2D eigenvalue weighted by atomic mass is 9.73. The molecule has 0 bridgehead atoms. The van der Waals surface area contributed by atoms with Crippen molar-refractivity contribution in [2.45, 2.75) is 44.6 Å². The van der Waals surface area contributed by atoms with E-state index < -0.39 is 0 Å². The number of ether oxygens (including phenoxy) is 1. The fourth-order valence-corrected chi connectivity index (χ4v) is 3.85. The van der Waals surface area contributed by atoms with E-state index in [1.807, 2.05) is 0 Å². The lowest BCUT2D eigenvalue weighted by molar-refractivity contribution is -0.0614. The molecule has 2 heterocycles. The summed E-state index contributed by atoms with van der Waals surface area (Å²) in [5, 5.41) is 3.42. The summed E-state index contributed by atoms with van der Waals surface area (Å²) < 4.78 is 5.78. The van der Waals surface area contributed by atoms with Crippen LogP contribution >= 0.6 is 0 Å². The van der Waals surface area contributed by atoms with Gasteiger partial charge < -0.3 is 10.1 Å². The zero-order valence-electron chi connectivity index (χ0n) is 10.9. The topological polar surface area (TPSA) is 24.5 Å². The molecule has 1 spiro atoms. The molecule has 0 aromatic heterocycles. The summed E-state index contributed by atoms with van der Waals surface area (Å²) in [4.78, 5) is 2.61. The largest absolute Gasteiger partial charge is 0.374 e. The smallest absolute Gasteiger partial charge is 0.0826 e. The molecule has 17 heavy (non-hydrogen) atoms. The predicted octanol–water partition coefficient (Wildman–Crippen LogP) is 1.63. The highest BCUT2D eigenvalue weighted by atomic mass is 16.5. The van der Waals surface area contributed by atoms with Crippen LogP contribution in [0.2, 0.25) is 0 Å². The average molecular weight is 238 g/mol. The number of nitrogens with zero attached hydrogens (tertiary/aromatic N) is 1. The number of likely N-dealkylation sites (tertiary alicyclic amines) is 1. The lowest BCUT2D eigenvalue weighted by Gasteiger charge is -2.51. The maximum atomic E-state index is 5.78. The third-order valence-corrected chi connectivity index (χ3v) is 4.75. The molecule has 3 fully saturated rings. The van der Waals surface area contributed by atoms with Gasteiger partial charge in [-0.15, -0.1) is 0 Å². The van der Waals surface area contributed by atoms with Gasteiger partial charge in [-0.2, -0.15) is 0 Å². The first kappa shape index (κ1) is 11.9. The van der Waals surface area contributed by atoms with Crippen LogP contribution < -0.4 is 5.32 Å². The third kappa shape index (κ3) is 2.83.